The molecule has 2 aliphatic rings. The van der Waals surface area contributed by atoms with Crippen LogP contribution in [0.2, 0.25) is 0 Å². The molecule has 2 unspecified atom stereocenters. The Bertz CT molecular complexity index is 707. The van der Waals surface area contributed by atoms with E-state index in [-0.39, 0.29) is 48.6 Å². The van der Waals surface area contributed by atoms with Gasteiger partial charge in [-0.15, -0.1) is 24.0 Å². The molecule has 168 valence electrons. The van der Waals surface area contributed by atoms with Crippen LogP contribution in [-0.4, -0.2) is 81.3 Å². The summed E-state index contributed by atoms with van der Waals surface area (Å²) in [5.41, 5.74) is 2.43. The number of aliphatic imine (C=N–C) groups is 1. The van der Waals surface area contributed by atoms with Crippen LogP contribution in [0.25, 0.3) is 0 Å². The van der Waals surface area contributed by atoms with E-state index in [0.29, 0.717) is 19.7 Å². The number of ether oxygens (including phenoxy) is 2. The smallest absolute Gasteiger partial charge is 0.243 e. The highest BCUT2D eigenvalue weighted by atomic mass is 127. The second kappa shape index (κ2) is 12.5. The number of nitrogens with one attached hydrogen (secondary N) is 1. The maximum absolute atomic E-state index is 12.1. The largest absolute Gasteiger partial charge is 0.376 e. The molecule has 2 atom stereocenters. The van der Waals surface area contributed by atoms with Gasteiger partial charge in [0, 0.05) is 33.8 Å². The first-order chi connectivity index (χ1) is 14.0. The lowest BCUT2D eigenvalue weighted by molar-refractivity contribution is -0.127. The molecule has 2 saturated heterocycles. The number of nitrogens with zero attached hydrogens (tertiary/aromatic N) is 3. The van der Waals surface area contributed by atoms with E-state index >= 15 is 0 Å². The van der Waals surface area contributed by atoms with Crippen molar-refractivity contribution >= 4 is 35.8 Å². The molecule has 7 nitrogen and oxygen atoms in total. The molecular formula is C22H35IN4O3. The van der Waals surface area contributed by atoms with Crippen LogP contribution in [-0.2, 0) is 14.3 Å². The summed E-state index contributed by atoms with van der Waals surface area (Å²) in [4.78, 5) is 20.5. The van der Waals surface area contributed by atoms with Crippen LogP contribution < -0.4 is 5.32 Å². The third-order valence-electron chi connectivity index (χ3n) is 5.53. The predicted octanol–water partition coefficient (Wildman–Crippen LogP) is 2.59. The number of morpholine rings is 1. The van der Waals surface area contributed by atoms with Gasteiger partial charge in [0.25, 0.3) is 0 Å². The van der Waals surface area contributed by atoms with Gasteiger partial charge >= 0.3 is 0 Å². The molecule has 0 bridgehead atoms. The third kappa shape index (κ3) is 7.09. The van der Waals surface area contributed by atoms with Crippen molar-refractivity contribution in [3.63, 3.8) is 0 Å². The molecular weight excluding hydrogens is 495 g/mol. The molecule has 0 spiro atoms. The molecule has 3 rings (SSSR count). The lowest BCUT2D eigenvalue weighted by atomic mass is 10.0. The van der Waals surface area contributed by atoms with Crippen LogP contribution in [0.4, 0.5) is 0 Å². The van der Waals surface area contributed by atoms with E-state index in [1.54, 1.807) is 19.0 Å². The molecule has 2 fully saturated rings. The first-order valence-corrected chi connectivity index (χ1v) is 10.6. The van der Waals surface area contributed by atoms with Crippen molar-refractivity contribution in [2.45, 2.75) is 38.4 Å². The lowest BCUT2D eigenvalue weighted by Gasteiger charge is -2.36. The summed E-state index contributed by atoms with van der Waals surface area (Å²) in [6, 6.07) is 8.33. The van der Waals surface area contributed by atoms with E-state index in [9.17, 15) is 4.79 Å². The number of halogens is 1. The van der Waals surface area contributed by atoms with E-state index in [4.69, 9.17) is 9.47 Å². The Morgan fingerprint density at radius 3 is 2.73 bits per heavy atom. The predicted molar refractivity (Wildman–Crippen MR) is 129 cm³/mol. The fourth-order valence-electron chi connectivity index (χ4n) is 3.70. The molecule has 0 aromatic heterocycles. The first kappa shape index (κ1) is 24.9. The van der Waals surface area contributed by atoms with Gasteiger partial charge in [-0.3, -0.25) is 4.79 Å². The fourth-order valence-corrected chi connectivity index (χ4v) is 3.70. The third-order valence-corrected chi connectivity index (χ3v) is 5.53. The number of guanidine groups is 1. The fraction of sp³-hybridized carbons (Fsp3) is 0.636. The second-order valence-electron chi connectivity index (χ2n) is 7.96. The number of benzene rings is 1. The van der Waals surface area contributed by atoms with Crippen LogP contribution in [0.5, 0.6) is 0 Å². The van der Waals surface area contributed by atoms with Crippen LogP contribution in [0, 0.1) is 6.92 Å². The summed E-state index contributed by atoms with van der Waals surface area (Å²) < 4.78 is 11.9. The molecule has 0 saturated carbocycles. The van der Waals surface area contributed by atoms with Crippen molar-refractivity contribution in [3.05, 3.63) is 35.4 Å². The van der Waals surface area contributed by atoms with Gasteiger partial charge in [0.05, 0.1) is 19.3 Å². The maximum atomic E-state index is 12.1. The highest BCUT2D eigenvalue weighted by molar-refractivity contribution is 14.0. The highest BCUT2D eigenvalue weighted by Gasteiger charge is 2.26. The van der Waals surface area contributed by atoms with Gasteiger partial charge in [-0.05, 0) is 37.3 Å². The molecule has 2 aliphatic heterocycles. The van der Waals surface area contributed by atoms with E-state index in [0.717, 1.165) is 32.0 Å². The molecule has 30 heavy (non-hydrogen) atoms. The van der Waals surface area contributed by atoms with Gasteiger partial charge in [0.2, 0.25) is 5.91 Å². The number of carbonyl (C=O) groups is 1. The minimum absolute atomic E-state index is 0. The number of amides is 1. The Balaban J connectivity index is 0.00000320. The summed E-state index contributed by atoms with van der Waals surface area (Å²) in [6.45, 7) is 5.86. The second-order valence-corrected chi connectivity index (χ2v) is 7.96. The van der Waals surface area contributed by atoms with Gasteiger partial charge in [-0.1, -0.05) is 24.3 Å². The van der Waals surface area contributed by atoms with Gasteiger partial charge in [-0.25, -0.2) is 4.99 Å². The van der Waals surface area contributed by atoms with Crippen LogP contribution in [0.15, 0.2) is 29.3 Å². The summed E-state index contributed by atoms with van der Waals surface area (Å²) >= 11 is 0. The van der Waals surface area contributed by atoms with Gasteiger partial charge in [-0.2, -0.15) is 0 Å². The Morgan fingerprint density at radius 2 is 2.03 bits per heavy atom. The first-order valence-electron chi connectivity index (χ1n) is 10.6. The lowest BCUT2D eigenvalue weighted by Crippen LogP contribution is -2.50. The zero-order valence-electron chi connectivity index (χ0n) is 18.3. The summed E-state index contributed by atoms with van der Waals surface area (Å²) in [7, 11) is 3.51. The average Bonchev–Trinajstić information content (AvgIpc) is 2.74. The summed E-state index contributed by atoms with van der Waals surface area (Å²) in [5.74, 6) is 0.748. The van der Waals surface area contributed by atoms with Crippen LogP contribution >= 0.6 is 24.0 Å². The summed E-state index contributed by atoms with van der Waals surface area (Å²) in [6.07, 6.45) is 3.59. The van der Waals surface area contributed by atoms with Gasteiger partial charge in [0.1, 0.15) is 12.6 Å². The average molecular weight is 530 g/mol. The number of hydrogen-bond donors (Lipinski definition) is 1. The molecule has 1 amide bonds. The monoisotopic (exact) mass is 530 g/mol. The number of hydrogen-bond acceptors (Lipinski definition) is 4. The Morgan fingerprint density at radius 1 is 1.23 bits per heavy atom. The minimum atomic E-state index is -0.0121. The molecule has 1 aromatic rings. The van der Waals surface area contributed by atoms with Crippen molar-refractivity contribution in [1.82, 2.24) is 15.1 Å². The Kier molecular flexibility index (Phi) is 10.3. The van der Waals surface area contributed by atoms with Crippen molar-refractivity contribution in [2.75, 3.05) is 53.5 Å². The molecule has 0 aliphatic carbocycles. The number of carbonyl (C=O) groups excluding carboxylic acids is 1. The zero-order valence-corrected chi connectivity index (χ0v) is 20.6. The van der Waals surface area contributed by atoms with Crippen LogP contribution in [0.1, 0.15) is 36.5 Å². The van der Waals surface area contributed by atoms with Crippen molar-refractivity contribution in [3.8, 4) is 0 Å². The van der Waals surface area contributed by atoms with Gasteiger partial charge in [0.15, 0.2) is 5.96 Å². The SMILES string of the molecule is Cc1ccccc1C1CN(C(=NCC(=O)N(C)C)NCC2CCCCO2)CCO1.I. The van der Waals surface area contributed by atoms with Crippen molar-refractivity contribution < 1.29 is 14.3 Å². The van der Waals surface area contributed by atoms with E-state index in [1.165, 1.54) is 17.5 Å². The van der Waals surface area contributed by atoms with Crippen molar-refractivity contribution in [1.29, 1.82) is 0 Å². The molecule has 8 heteroatoms. The quantitative estimate of drug-likeness (QED) is 0.360. The number of likely N-dealkylation sites (N-methyl/N-ethyl adjacent to an activating group) is 1. The van der Waals surface area contributed by atoms with E-state index < -0.39 is 0 Å². The molecule has 2 heterocycles. The Hall–Kier alpha value is -1.39. The Labute approximate surface area is 197 Å². The minimum Gasteiger partial charge on any atom is -0.376 e. The topological polar surface area (TPSA) is 66.4 Å². The zero-order chi connectivity index (χ0) is 20.6. The van der Waals surface area contributed by atoms with Crippen molar-refractivity contribution in [2.24, 2.45) is 4.99 Å². The van der Waals surface area contributed by atoms with Gasteiger partial charge < -0.3 is 24.6 Å². The normalized spacial score (nSPS) is 22.2. The van der Waals surface area contributed by atoms with E-state index in [2.05, 4.69) is 34.3 Å². The number of aryl methyl sites for hydroxylation is 1. The molecule has 0 radical (unpaired) electrons. The summed E-state index contributed by atoms with van der Waals surface area (Å²) in [5, 5.41) is 3.46. The highest BCUT2D eigenvalue weighted by Crippen LogP contribution is 2.25. The molecule has 1 N–H and O–H groups in total. The number of rotatable bonds is 5. The maximum Gasteiger partial charge on any atom is 0.243 e. The standard InChI is InChI=1S/C22H34N4O3.HI/c1-17-8-4-5-10-19(17)20-16-26(11-13-29-20)22(24-15-21(27)25(2)3)23-14-18-9-6-7-12-28-18;/h4-5,8,10,18,20H,6-7,9,11-16H2,1-3H3,(H,23,24);1H. The van der Waals surface area contributed by atoms with Crippen LogP contribution in [0.3, 0.4) is 0 Å². The van der Waals surface area contributed by atoms with E-state index in [1.807, 2.05) is 12.1 Å². The molecule has 1 aromatic carbocycles.